The van der Waals surface area contributed by atoms with E-state index in [9.17, 15) is 4.39 Å². The number of rotatable bonds is 8. The van der Waals surface area contributed by atoms with Gasteiger partial charge in [0.15, 0.2) is 0 Å². The molecule has 1 aromatic heterocycles. The Morgan fingerprint density at radius 2 is 2.10 bits per heavy atom. The van der Waals surface area contributed by atoms with Crippen molar-refractivity contribution < 1.29 is 9.13 Å². The van der Waals surface area contributed by atoms with Crippen LogP contribution in [0.5, 0.6) is 0 Å². The van der Waals surface area contributed by atoms with Crippen LogP contribution in [0.25, 0.3) is 10.6 Å². The molecule has 5 heteroatoms. The van der Waals surface area contributed by atoms with Gasteiger partial charge in [-0.15, -0.1) is 11.3 Å². The molecule has 0 radical (unpaired) electrons. The summed E-state index contributed by atoms with van der Waals surface area (Å²) in [5, 5.41) is 6.30. The van der Waals surface area contributed by atoms with Gasteiger partial charge >= 0.3 is 0 Å². The van der Waals surface area contributed by atoms with Crippen molar-refractivity contribution in [3.05, 3.63) is 41.2 Å². The van der Waals surface area contributed by atoms with E-state index in [1.165, 1.54) is 12.1 Å². The zero-order chi connectivity index (χ0) is 14.2. The van der Waals surface area contributed by atoms with Crippen LogP contribution >= 0.6 is 11.3 Å². The molecule has 1 heterocycles. The topological polar surface area (TPSA) is 34.1 Å². The molecule has 0 bridgehead atoms. The third-order valence-electron chi connectivity index (χ3n) is 2.80. The van der Waals surface area contributed by atoms with Gasteiger partial charge in [0.1, 0.15) is 10.8 Å². The van der Waals surface area contributed by atoms with Crippen LogP contribution in [0.4, 0.5) is 4.39 Å². The van der Waals surface area contributed by atoms with E-state index in [0.717, 1.165) is 49.0 Å². The van der Waals surface area contributed by atoms with E-state index < -0.39 is 0 Å². The average molecular weight is 294 g/mol. The number of nitrogens with one attached hydrogen (secondary N) is 1. The van der Waals surface area contributed by atoms with Gasteiger partial charge in [-0.25, -0.2) is 9.37 Å². The van der Waals surface area contributed by atoms with Crippen LogP contribution in [-0.4, -0.2) is 24.7 Å². The Balaban J connectivity index is 1.79. The second kappa shape index (κ2) is 8.09. The number of halogens is 1. The summed E-state index contributed by atoms with van der Waals surface area (Å²) in [6.45, 7) is 5.24. The number of hydrogen-bond acceptors (Lipinski definition) is 4. The molecule has 0 aliphatic rings. The maximum Gasteiger partial charge on any atom is 0.123 e. The van der Waals surface area contributed by atoms with E-state index >= 15 is 0 Å². The summed E-state index contributed by atoms with van der Waals surface area (Å²) < 4.78 is 18.1. The maximum atomic E-state index is 12.9. The minimum absolute atomic E-state index is 0.221. The smallest absolute Gasteiger partial charge is 0.123 e. The standard InChI is InChI=1S/C15H19FN2OS/c1-2-19-9-3-8-17-10-14-11-20-15(18-14)12-4-6-13(16)7-5-12/h4-7,11,17H,2-3,8-10H2,1H3. The summed E-state index contributed by atoms with van der Waals surface area (Å²) in [5.74, 6) is -0.221. The van der Waals surface area contributed by atoms with Crippen molar-refractivity contribution in [2.24, 2.45) is 0 Å². The SMILES string of the molecule is CCOCCCNCc1csc(-c2ccc(F)cc2)n1. The van der Waals surface area contributed by atoms with Crippen molar-refractivity contribution in [1.82, 2.24) is 10.3 Å². The molecule has 0 aliphatic heterocycles. The Morgan fingerprint density at radius 3 is 2.85 bits per heavy atom. The quantitative estimate of drug-likeness (QED) is 0.757. The van der Waals surface area contributed by atoms with Crippen molar-refractivity contribution in [3.8, 4) is 10.6 Å². The number of nitrogens with zero attached hydrogens (tertiary/aromatic N) is 1. The lowest BCUT2D eigenvalue weighted by atomic mass is 10.2. The molecule has 0 saturated carbocycles. The van der Waals surface area contributed by atoms with Gasteiger partial charge in [-0.2, -0.15) is 0 Å². The third-order valence-corrected chi connectivity index (χ3v) is 3.74. The fourth-order valence-electron chi connectivity index (χ4n) is 1.77. The fourth-order valence-corrected chi connectivity index (χ4v) is 2.60. The molecule has 3 nitrogen and oxygen atoms in total. The van der Waals surface area contributed by atoms with Gasteiger partial charge in [0.25, 0.3) is 0 Å². The predicted octanol–water partition coefficient (Wildman–Crippen LogP) is 3.47. The second-order valence-corrected chi connectivity index (χ2v) is 5.24. The molecular weight excluding hydrogens is 275 g/mol. The lowest BCUT2D eigenvalue weighted by Crippen LogP contribution is -2.16. The van der Waals surface area contributed by atoms with Gasteiger partial charge in [-0.05, 0) is 44.2 Å². The van der Waals surface area contributed by atoms with Crippen LogP contribution in [0.2, 0.25) is 0 Å². The van der Waals surface area contributed by atoms with Crippen LogP contribution < -0.4 is 5.32 Å². The van der Waals surface area contributed by atoms with Gasteiger partial charge in [0, 0.05) is 30.7 Å². The first-order chi connectivity index (χ1) is 9.79. The molecule has 0 fully saturated rings. The maximum absolute atomic E-state index is 12.9. The summed E-state index contributed by atoms with van der Waals surface area (Å²) in [5.41, 5.74) is 1.98. The summed E-state index contributed by atoms with van der Waals surface area (Å²) in [7, 11) is 0. The van der Waals surface area contributed by atoms with Crippen molar-refractivity contribution in [3.63, 3.8) is 0 Å². The van der Waals surface area contributed by atoms with Crippen LogP contribution in [0, 0.1) is 5.82 Å². The highest BCUT2D eigenvalue weighted by atomic mass is 32.1. The molecule has 2 aromatic rings. The highest BCUT2D eigenvalue weighted by molar-refractivity contribution is 7.13. The predicted molar refractivity (Wildman–Crippen MR) is 80.3 cm³/mol. The van der Waals surface area contributed by atoms with Gasteiger partial charge in [0.2, 0.25) is 0 Å². The molecule has 0 saturated heterocycles. The van der Waals surface area contributed by atoms with Crippen LogP contribution in [0.15, 0.2) is 29.6 Å². The number of ether oxygens (including phenoxy) is 1. The average Bonchev–Trinajstić information content (AvgIpc) is 2.92. The minimum atomic E-state index is -0.221. The highest BCUT2D eigenvalue weighted by Gasteiger charge is 2.04. The Hall–Kier alpha value is -1.30. The molecular formula is C15H19FN2OS. The Kier molecular flexibility index (Phi) is 6.11. The molecule has 0 unspecified atom stereocenters. The van der Waals surface area contributed by atoms with E-state index in [1.54, 1.807) is 23.5 Å². The fraction of sp³-hybridized carbons (Fsp3) is 0.400. The number of aromatic nitrogens is 1. The number of benzene rings is 1. The first-order valence-corrected chi connectivity index (χ1v) is 7.66. The molecule has 0 spiro atoms. The van der Waals surface area contributed by atoms with Crippen LogP contribution in [0.1, 0.15) is 19.0 Å². The molecule has 1 aromatic carbocycles. The van der Waals surface area contributed by atoms with Crippen molar-refractivity contribution in [2.75, 3.05) is 19.8 Å². The highest BCUT2D eigenvalue weighted by Crippen LogP contribution is 2.23. The second-order valence-electron chi connectivity index (χ2n) is 4.38. The summed E-state index contributed by atoms with van der Waals surface area (Å²) in [4.78, 5) is 4.55. The third kappa shape index (κ3) is 4.67. The molecule has 20 heavy (non-hydrogen) atoms. The zero-order valence-electron chi connectivity index (χ0n) is 11.6. The van der Waals surface area contributed by atoms with Gasteiger partial charge < -0.3 is 10.1 Å². The molecule has 0 atom stereocenters. The van der Waals surface area contributed by atoms with Gasteiger partial charge in [0.05, 0.1) is 5.69 Å². The number of thiazole rings is 1. The summed E-state index contributed by atoms with van der Waals surface area (Å²) in [6, 6.07) is 6.44. The molecule has 2 rings (SSSR count). The van der Waals surface area contributed by atoms with E-state index in [2.05, 4.69) is 10.3 Å². The summed E-state index contributed by atoms with van der Waals surface area (Å²) >= 11 is 1.58. The largest absolute Gasteiger partial charge is 0.382 e. The summed E-state index contributed by atoms with van der Waals surface area (Å²) in [6.07, 6.45) is 1.00. The van der Waals surface area contributed by atoms with Crippen molar-refractivity contribution in [1.29, 1.82) is 0 Å². The van der Waals surface area contributed by atoms with E-state index in [1.807, 2.05) is 12.3 Å². The van der Waals surface area contributed by atoms with Crippen molar-refractivity contribution >= 4 is 11.3 Å². The van der Waals surface area contributed by atoms with Gasteiger partial charge in [-0.3, -0.25) is 0 Å². The van der Waals surface area contributed by atoms with Crippen molar-refractivity contribution in [2.45, 2.75) is 19.9 Å². The monoisotopic (exact) mass is 294 g/mol. The zero-order valence-corrected chi connectivity index (χ0v) is 12.4. The Bertz CT molecular complexity index is 513. The first-order valence-electron chi connectivity index (χ1n) is 6.78. The minimum Gasteiger partial charge on any atom is -0.382 e. The molecule has 0 amide bonds. The van der Waals surface area contributed by atoms with Crippen LogP contribution in [0.3, 0.4) is 0 Å². The van der Waals surface area contributed by atoms with E-state index in [0.29, 0.717) is 0 Å². The number of hydrogen-bond donors (Lipinski definition) is 1. The van der Waals surface area contributed by atoms with Gasteiger partial charge in [-0.1, -0.05) is 0 Å². The molecule has 108 valence electrons. The first kappa shape index (κ1) is 15.1. The molecule has 0 aliphatic carbocycles. The van der Waals surface area contributed by atoms with E-state index in [4.69, 9.17) is 4.74 Å². The van der Waals surface area contributed by atoms with E-state index in [-0.39, 0.29) is 5.82 Å². The normalized spacial score (nSPS) is 10.9. The lowest BCUT2D eigenvalue weighted by Gasteiger charge is -2.02. The molecule has 1 N–H and O–H groups in total. The Morgan fingerprint density at radius 1 is 1.30 bits per heavy atom. The van der Waals surface area contributed by atoms with Crippen LogP contribution in [-0.2, 0) is 11.3 Å². The lowest BCUT2D eigenvalue weighted by molar-refractivity contribution is 0.144. The Labute approximate surface area is 122 Å².